The number of methoxy groups -OCH3 is 1. The first-order valence-electron chi connectivity index (χ1n) is 10.1. The number of rotatable bonds is 6. The lowest BCUT2D eigenvalue weighted by atomic mass is 10.0. The van der Waals surface area contributed by atoms with Crippen LogP contribution in [0, 0.1) is 0 Å². The number of hydrogen-bond donors (Lipinski definition) is 1. The van der Waals surface area contributed by atoms with E-state index in [9.17, 15) is 0 Å². The first-order chi connectivity index (χ1) is 15.2. The van der Waals surface area contributed by atoms with E-state index >= 15 is 0 Å². The third-order valence-corrected chi connectivity index (χ3v) is 5.84. The van der Waals surface area contributed by atoms with E-state index in [1.54, 1.807) is 13.4 Å². The summed E-state index contributed by atoms with van der Waals surface area (Å²) in [6.07, 6.45) is 5.58. The number of nitrogens with one attached hydrogen (secondary N) is 1. The Labute approximate surface area is 186 Å². The lowest BCUT2D eigenvalue weighted by Crippen LogP contribution is -2.30. The van der Waals surface area contributed by atoms with Crippen LogP contribution < -0.4 is 15.0 Å². The average molecular weight is 431 g/mol. The number of furan rings is 1. The van der Waals surface area contributed by atoms with Crippen LogP contribution in [0.4, 0.5) is 5.69 Å². The highest BCUT2D eigenvalue weighted by molar-refractivity contribution is 7.80. The summed E-state index contributed by atoms with van der Waals surface area (Å²) >= 11 is 5.80. The lowest BCUT2D eigenvalue weighted by Gasteiger charge is -2.29. The van der Waals surface area contributed by atoms with Crippen molar-refractivity contribution in [2.75, 3.05) is 12.0 Å². The van der Waals surface area contributed by atoms with Crippen molar-refractivity contribution in [3.63, 3.8) is 0 Å². The zero-order valence-electron chi connectivity index (χ0n) is 17.0. The van der Waals surface area contributed by atoms with Crippen LogP contribution in [0.3, 0.4) is 0 Å². The zero-order chi connectivity index (χ0) is 21.2. The van der Waals surface area contributed by atoms with Crippen LogP contribution in [0.2, 0.25) is 0 Å². The Morgan fingerprint density at radius 1 is 1.06 bits per heavy atom. The van der Waals surface area contributed by atoms with Crippen molar-refractivity contribution in [1.82, 2.24) is 14.9 Å². The molecule has 156 valence electrons. The number of benzene rings is 1. The molecule has 4 aromatic rings. The Morgan fingerprint density at radius 2 is 1.94 bits per heavy atom. The fraction of sp³-hybridized carbons (Fsp3) is 0.167. The summed E-state index contributed by atoms with van der Waals surface area (Å²) in [6, 6.07) is 21.8. The number of hydrogen-bond acceptors (Lipinski definition) is 4. The second-order valence-corrected chi connectivity index (χ2v) is 7.72. The van der Waals surface area contributed by atoms with Gasteiger partial charge in [-0.3, -0.25) is 4.98 Å². The summed E-state index contributed by atoms with van der Waals surface area (Å²) in [7, 11) is 1.67. The molecule has 1 fully saturated rings. The molecule has 7 heteroatoms. The molecule has 2 unspecified atom stereocenters. The highest BCUT2D eigenvalue weighted by Gasteiger charge is 2.42. The summed E-state index contributed by atoms with van der Waals surface area (Å²) in [5.41, 5.74) is 3.05. The molecule has 3 aromatic heterocycles. The molecule has 1 saturated heterocycles. The standard InChI is InChI=1S/C24H22N4O2S/c1-29-18-11-9-17(10-12-18)28-23(22(26-24(28)31)20-7-2-3-13-25-20)21-8-4-14-27(21)16-19-6-5-15-30-19/h2-15,22-23H,16H2,1H3,(H,26,31). The Morgan fingerprint density at radius 3 is 2.65 bits per heavy atom. The van der Waals surface area contributed by atoms with Crippen LogP contribution in [-0.4, -0.2) is 21.8 Å². The molecule has 1 aliphatic rings. The van der Waals surface area contributed by atoms with Gasteiger partial charge in [-0.1, -0.05) is 6.07 Å². The molecule has 0 aliphatic carbocycles. The Balaban J connectivity index is 1.59. The number of thiocarbonyl (C=S) groups is 1. The van der Waals surface area contributed by atoms with Gasteiger partial charge in [0.25, 0.3) is 0 Å². The maximum atomic E-state index is 5.80. The van der Waals surface area contributed by atoms with Gasteiger partial charge in [0.15, 0.2) is 5.11 Å². The van der Waals surface area contributed by atoms with Gasteiger partial charge >= 0.3 is 0 Å². The minimum atomic E-state index is -0.0962. The predicted molar refractivity (Wildman–Crippen MR) is 123 cm³/mol. The summed E-state index contributed by atoms with van der Waals surface area (Å²) in [5, 5.41) is 4.16. The number of anilines is 1. The summed E-state index contributed by atoms with van der Waals surface area (Å²) in [4.78, 5) is 6.77. The van der Waals surface area contributed by atoms with Crippen molar-refractivity contribution in [3.05, 3.63) is 103 Å². The van der Waals surface area contributed by atoms with Crippen molar-refractivity contribution in [2.24, 2.45) is 0 Å². The number of ether oxygens (including phenoxy) is 1. The van der Waals surface area contributed by atoms with Gasteiger partial charge in [0, 0.05) is 23.8 Å². The van der Waals surface area contributed by atoms with Gasteiger partial charge in [-0.2, -0.15) is 0 Å². The van der Waals surface area contributed by atoms with Gasteiger partial charge in [-0.15, -0.1) is 0 Å². The molecule has 0 spiro atoms. The molecule has 0 amide bonds. The van der Waals surface area contributed by atoms with Crippen molar-refractivity contribution in [1.29, 1.82) is 0 Å². The predicted octanol–water partition coefficient (Wildman–Crippen LogP) is 4.71. The topological polar surface area (TPSA) is 55.5 Å². The Kier molecular flexibility index (Phi) is 5.18. The van der Waals surface area contributed by atoms with Gasteiger partial charge in [0.1, 0.15) is 17.6 Å². The van der Waals surface area contributed by atoms with Gasteiger partial charge in [0.05, 0.1) is 31.7 Å². The van der Waals surface area contributed by atoms with Crippen molar-refractivity contribution in [3.8, 4) is 5.75 Å². The van der Waals surface area contributed by atoms with Crippen molar-refractivity contribution in [2.45, 2.75) is 18.6 Å². The second kappa shape index (κ2) is 8.28. The number of pyridine rings is 1. The first kappa shape index (κ1) is 19.4. The average Bonchev–Trinajstić information content (AvgIpc) is 3.55. The molecular formula is C24H22N4O2S. The van der Waals surface area contributed by atoms with Gasteiger partial charge < -0.3 is 23.9 Å². The lowest BCUT2D eigenvalue weighted by molar-refractivity contribution is 0.415. The largest absolute Gasteiger partial charge is 0.497 e. The molecule has 6 nitrogen and oxygen atoms in total. The van der Waals surface area contributed by atoms with Crippen LogP contribution in [0.1, 0.15) is 29.2 Å². The van der Waals surface area contributed by atoms with Crippen molar-refractivity contribution >= 4 is 23.0 Å². The van der Waals surface area contributed by atoms with E-state index in [-0.39, 0.29) is 12.1 Å². The van der Waals surface area contributed by atoms with E-state index in [2.05, 4.69) is 38.1 Å². The van der Waals surface area contributed by atoms with Crippen LogP contribution >= 0.6 is 12.2 Å². The maximum absolute atomic E-state index is 5.80. The van der Waals surface area contributed by atoms with Gasteiger partial charge in [-0.05, 0) is 72.9 Å². The zero-order valence-corrected chi connectivity index (χ0v) is 17.8. The van der Waals surface area contributed by atoms with Crippen molar-refractivity contribution < 1.29 is 9.15 Å². The first-order valence-corrected chi connectivity index (χ1v) is 10.5. The van der Waals surface area contributed by atoms with Gasteiger partial charge in [0.2, 0.25) is 0 Å². The highest BCUT2D eigenvalue weighted by atomic mass is 32.1. The van der Waals surface area contributed by atoms with Crippen LogP contribution in [0.5, 0.6) is 5.75 Å². The molecule has 1 N–H and O–H groups in total. The summed E-state index contributed by atoms with van der Waals surface area (Å²) < 4.78 is 13.1. The smallest absolute Gasteiger partial charge is 0.174 e. The molecule has 2 atom stereocenters. The number of nitrogens with zero attached hydrogens (tertiary/aromatic N) is 3. The third kappa shape index (κ3) is 3.68. The molecule has 1 aliphatic heterocycles. The minimum absolute atomic E-state index is 0.0826. The molecule has 1 aromatic carbocycles. The molecule has 0 radical (unpaired) electrons. The van der Waals surface area contributed by atoms with E-state index in [1.807, 2.05) is 60.8 Å². The maximum Gasteiger partial charge on any atom is 0.174 e. The van der Waals surface area contributed by atoms with Gasteiger partial charge in [-0.25, -0.2) is 0 Å². The molecule has 4 heterocycles. The third-order valence-electron chi connectivity index (χ3n) is 5.52. The summed E-state index contributed by atoms with van der Waals surface area (Å²) in [5.74, 6) is 1.71. The van der Waals surface area contributed by atoms with E-state index in [1.165, 1.54) is 0 Å². The fourth-order valence-electron chi connectivity index (χ4n) is 4.09. The Bertz CT molecular complexity index is 1160. The van der Waals surface area contributed by atoms with Crippen LogP contribution in [0.15, 0.2) is 89.8 Å². The van der Waals surface area contributed by atoms with E-state index in [0.717, 1.165) is 28.6 Å². The molecule has 31 heavy (non-hydrogen) atoms. The highest BCUT2D eigenvalue weighted by Crippen LogP contribution is 2.42. The molecule has 5 rings (SSSR count). The SMILES string of the molecule is COc1ccc(N2C(=S)NC(c3ccccn3)C2c2cccn2Cc2ccco2)cc1. The van der Waals surface area contributed by atoms with E-state index < -0.39 is 0 Å². The molecule has 0 saturated carbocycles. The minimum Gasteiger partial charge on any atom is -0.497 e. The van der Waals surface area contributed by atoms with Crippen LogP contribution in [-0.2, 0) is 6.54 Å². The van der Waals surface area contributed by atoms with Crippen LogP contribution in [0.25, 0.3) is 0 Å². The Hall–Kier alpha value is -3.58. The quantitative estimate of drug-likeness (QED) is 0.447. The molecular weight excluding hydrogens is 408 g/mol. The second-order valence-electron chi connectivity index (χ2n) is 7.33. The summed E-state index contributed by atoms with van der Waals surface area (Å²) in [6.45, 7) is 0.643. The normalized spacial score (nSPS) is 18.2. The number of aromatic nitrogens is 2. The monoisotopic (exact) mass is 430 g/mol. The van der Waals surface area contributed by atoms with E-state index in [0.29, 0.717) is 11.7 Å². The fourth-order valence-corrected chi connectivity index (χ4v) is 4.43. The van der Waals surface area contributed by atoms with E-state index in [4.69, 9.17) is 21.4 Å². The molecule has 0 bridgehead atoms.